The maximum Gasteiger partial charge on any atom is 0.251 e. The van der Waals surface area contributed by atoms with E-state index in [9.17, 15) is 4.79 Å². The molecule has 0 unspecified atom stereocenters. The molecular weight excluding hydrogens is 367 g/mol. The van der Waals surface area contributed by atoms with Crippen LogP contribution in [-0.2, 0) is 0 Å². The van der Waals surface area contributed by atoms with Crippen LogP contribution in [0.4, 0.5) is 0 Å². The van der Waals surface area contributed by atoms with Gasteiger partial charge in [0.1, 0.15) is 0 Å². The predicted molar refractivity (Wildman–Crippen MR) is 93.6 cm³/mol. The number of carbonyl (C=O) groups is 1. The molecule has 0 fully saturated rings. The summed E-state index contributed by atoms with van der Waals surface area (Å²) in [5.41, 5.74) is 6.49. The smallest absolute Gasteiger partial charge is 0.251 e. The largest absolute Gasteiger partial charge is 0.370 e. The zero-order valence-corrected chi connectivity index (χ0v) is 14.3. The van der Waals surface area contributed by atoms with Gasteiger partial charge in [-0.2, -0.15) is 0 Å². The number of hydrogen-bond acceptors (Lipinski definition) is 2. The van der Waals surface area contributed by atoms with E-state index in [2.05, 4.69) is 10.3 Å². The standard InChI is InChI=1S/C14H22N4O.HI/c1-3-18(4-2)14(15)17-11-10-16-13(19)12-8-6-5-7-9-12;/h5-9H,3-4,10-11H2,1-2H3,(H2,15,17)(H,16,19);1H. The van der Waals surface area contributed by atoms with E-state index in [0.717, 1.165) is 13.1 Å². The Morgan fingerprint density at radius 2 is 1.85 bits per heavy atom. The molecule has 6 heteroatoms. The summed E-state index contributed by atoms with van der Waals surface area (Å²) >= 11 is 0. The van der Waals surface area contributed by atoms with Crippen molar-refractivity contribution in [3.63, 3.8) is 0 Å². The van der Waals surface area contributed by atoms with E-state index in [-0.39, 0.29) is 29.9 Å². The first-order valence-electron chi connectivity index (χ1n) is 6.57. The molecule has 0 saturated carbocycles. The summed E-state index contributed by atoms with van der Waals surface area (Å²) in [4.78, 5) is 17.9. The van der Waals surface area contributed by atoms with Gasteiger partial charge < -0.3 is 16.0 Å². The first-order chi connectivity index (χ1) is 9.19. The van der Waals surface area contributed by atoms with E-state index in [0.29, 0.717) is 24.6 Å². The minimum absolute atomic E-state index is 0. The van der Waals surface area contributed by atoms with Gasteiger partial charge in [0.2, 0.25) is 0 Å². The number of nitrogens with zero attached hydrogens (tertiary/aromatic N) is 2. The van der Waals surface area contributed by atoms with Gasteiger partial charge in [-0.1, -0.05) is 18.2 Å². The average Bonchev–Trinajstić information content (AvgIpc) is 2.45. The Hall–Kier alpha value is -1.31. The lowest BCUT2D eigenvalue weighted by Gasteiger charge is -2.19. The number of halogens is 1. The molecule has 5 nitrogen and oxygen atoms in total. The van der Waals surface area contributed by atoms with Crippen molar-refractivity contribution in [2.24, 2.45) is 10.7 Å². The maximum atomic E-state index is 11.7. The minimum atomic E-state index is -0.0859. The summed E-state index contributed by atoms with van der Waals surface area (Å²) < 4.78 is 0. The highest BCUT2D eigenvalue weighted by Gasteiger charge is 2.03. The maximum absolute atomic E-state index is 11.7. The van der Waals surface area contributed by atoms with Crippen molar-refractivity contribution in [1.29, 1.82) is 0 Å². The molecule has 20 heavy (non-hydrogen) atoms. The first kappa shape index (κ1) is 18.7. The molecule has 1 rings (SSSR count). The topological polar surface area (TPSA) is 70.7 Å². The number of aliphatic imine (C=N–C) groups is 1. The number of carbonyl (C=O) groups excluding carboxylic acids is 1. The van der Waals surface area contributed by atoms with Crippen LogP contribution < -0.4 is 11.1 Å². The molecule has 0 aliphatic rings. The summed E-state index contributed by atoms with van der Waals surface area (Å²) in [6.07, 6.45) is 0. The lowest BCUT2D eigenvalue weighted by atomic mass is 10.2. The van der Waals surface area contributed by atoms with Crippen LogP contribution in [-0.4, -0.2) is 42.9 Å². The molecule has 1 aromatic rings. The SMILES string of the molecule is CCN(CC)C(N)=NCCNC(=O)c1ccccc1.I. The Morgan fingerprint density at radius 1 is 1.25 bits per heavy atom. The number of nitrogens with two attached hydrogens (primary N) is 1. The second kappa shape index (κ2) is 10.5. The molecule has 0 aliphatic heterocycles. The summed E-state index contributed by atoms with van der Waals surface area (Å²) in [6, 6.07) is 9.12. The average molecular weight is 390 g/mol. The molecule has 0 bridgehead atoms. The molecular formula is C14H23IN4O. The zero-order chi connectivity index (χ0) is 14.1. The molecule has 1 amide bonds. The lowest BCUT2D eigenvalue weighted by molar-refractivity contribution is 0.0955. The normalized spacial score (nSPS) is 10.6. The van der Waals surface area contributed by atoms with Crippen LogP contribution in [0.2, 0.25) is 0 Å². The van der Waals surface area contributed by atoms with E-state index in [4.69, 9.17) is 5.73 Å². The van der Waals surface area contributed by atoms with Crippen molar-refractivity contribution in [2.45, 2.75) is 13.8 Å². The number of guanidine groups is 1. The molecule has 0 heterocycles. The Bertz CT molecular complexity index is 418. The lowest BCUT2D eigenvalue weighted by Crippen LogP contribution is -2.37. The second-order valence-electron chi connectivity index (χ2n) is 4.03. The van der Waals surface area contributed by atoms with Gasteiger partial charge >= 0.3 is 0 Å². The quantitative estimate of drug-likeness (QED) is 0.336. The molecule has 0 saturated heterocycles. The highest BCUT2D eigenvalue weighted by molar-refractivity contribution is 14.0. The molecule has 0 radical (unpaired) electrons. The van der Waals surface area contributed by atoms with Gasteiger partial charge in [-0.05, 0) is 26.0 Å². The van der Waals surface area contributed by atoms with E-state index in [1.165, 1.54) is 0 Å². The highest BCUT2D eigenvalue weighted by Crippen LogP contribution is 1.97. The molecule has 3 N–H and O–H groups in total. The van der Waals surface area contributed by atoms with Gasteiger partial charge in [0.05, 0.1) is 6.54 Å². The van der Waals surface area contributed by atoms with Crippen LogP contribution in [0.5, 0.6) is 0 Å². The summed E-state index contributed by atoms with van der Waals surface area (Å²) in [5, 5.41) is 2.81. The van der Waals surface area contributed by atoms with Crippen LogP contribution in [0.15, 0.2) is 35.3 Å². The van der Waals surface area contributed by atoms with E-state index in [1.807, 2.05) is 36.9 Å². The third kappa shape index (κ3) is 6.23. The van der Waals surface area contributed by atoms with Gasteiger partial charge in [-0.15, -0.1) is 24.0 Å². The van der Waals surface area contributed by atoms with Crippen LogP contribution >= 0.6 is 24.0 Å². The fraction of sp³-hybridized carbons (Fsp3) is 0.429. The Balaban J connectivity index is 0.00000361. The van der Waals surface area contributed by atoms with E-state index in [1.54, 1.807) is 12.1 Å². The molecule has 112 valence electrons. The Kier molecular flexibility index (Phi) is 9.79. The first-order valence-corrected chi connectivity index (χ1v) is 6.57. The number of amides is 1. The highest BCUT2D eigenvalue weighted by atomic mass is 127. The number of benzene rings is 1. The minimum Gasteiger partial charge on any atom is -0.370 e. The van der Waals surface area contributed by atoms with Gasteiger partial charge in [-0.25, -0.2) is 0 Å². The van der Waals surface area contributed by atoms with Crippen molar-refractivity contribution < 1.29 is 4.79 Å². The molecule has 0 aliphatic carbocycles. The van der Waals surface area contributed by atoms with Gasteiger partial charge in [0.25, 0.3) is 5.91 Å². The molecule has 0 aromatic heterocycles. The van der Waals surface area contributed by atoms with Crippen LogP contribution in [0, 0.1) is 0 Å². The fourth-order valence-electron chi connectivity index (χ4n) is 1.68. The third-order valence-corrected chi connectivity index (χ3v) is 2.79. The van der Waals surface area contributed by atoms with Crippen molar-refractivity contribution in [3.05, 3.63) is 35.9 Å². The van der Waals surface area contributed by atoms with Crippen LogP contribution in [0.3, 0.4) is 0 Å². The van der Waals surface area contributed by atoms with Crippen molar-refractivity contribution in [2.75, 3.05) is 26.2 Å². The molecule has 0 spiro atoms. The van der Waals surface area contributed by atoms with E-state index < -0.39 is 0 Å². The second-order valence-corrected chi connectivity index (χ2v) is 4.03. The zero-order valence-electron chi connectivity index (χ0n) is 12.0. The Labute approximate surface area is 137 Å². The van der Waals surface area contributed by atoms with Crippen LogP contribution in [0.1, 0.15) is 24.2 Å². The summed E-state index contributed by atoms with van der Waals surface area (Å²) in [5.74, 6) is 0.441. The van der Waals surface area contributed by atoms with Crippen molar-refractivity contribution >= 4 is 35.8 Å². The molecule has 0 atom stereocenters. The van der Waals surface area contributed by atoms with Gasteiger partial charge in [-0.3, -0.25) is 9.79 Å². The summed E-state index contributed by atoms with van der Waals surface area (Å²) in [6.45, 7) is 6.70. The summed E-state index contributed by atoms with van der Waals surface area (Å²) in [7, 11) is 0. The number of hydrogen-bond donors (Lipinski definition) is 2. The molecule has 1 aromatic carbocycles. The number of rotatable bonds is 6. The number of nitrogens with one attached hydrogen (secondary N) is 1. The van der Waals surface area contributed by atoms with Gasteiger partial charge in [0, 0.05) is 25.2 Å². The monoisotopic (exact) mass is 390 g/mol. The van der Waals surface area contributed by atoms with Crippen LogP contribution in [0.25, 0.3) is 0 Å². The van der Waals surface area contributed by atoms with Crippen molar-refractivity contribution in [1.82, 2.24) is 10.2 Å². The van der Waals surface area contributed by atoms with E-state index >= 15 is 0 Å². The van der Waals surface area contributed by atoms with Crippen molar-refractivity contribution in [3.8, 4) is 0 Å². The van der Waals surface area contributed by atoms with Gasteiger partial charge in [0.15, 0.2) is 5.96 Å². The Morgan fingerprint density at radius 3 is 2.40 bits per heavy atom. The predicted octanol–water partition coefficient (Wildman–Crippen LogP) is 1.69. The third-order valence-electron chi connectivity index (χ3n) is 2.79. The fourth-order valence-corrected chi connectivity index (χ4v) is 1.68.